The van der Waals surface area contributed by atoms with E-state index in [2.05, 4.69) is 0 Å². The molecule has 0 N–H and O–H groups in total. The maximum Gasteiger partial charge on any atom is 0.172 e. The molecule has 0 heterocycles. The van der Waals surface area contributed by atoms with Gasteiger partial charge >= 0.3 is 0 Å². The molecule has 1 atom stereocenters. The summed E-state index contributed by atoms with van der Waals surface area (Å²) in [6.45, 7) is 5.56. The molecule has 3 nitrogen and oxygen atoms in total. The molecule has 1 rings (SSSR count). The smallest absolute Gasteiger partial charge is 0.172 e. The second kappa shape index (κ2) is 5.54. The van der Waals surface area contributed by atoms with Crippen LogP contribution in [-0.4, -0.2) is 19.0 Å². The van der Waals surface area contributed by atoms with E-state index in [4.69, 9.17) is 9.47 Å². The Morgan fingerprint density at radius 2 is 2.06 bits per heavy atom. The summed E-state index contributed by atoms with van der Waals surface area (Å²) in [5.74, 6) is 1.36. The zero-order valence-corrected chi connectivity index (χ0v) is 10.2. The zero-order valence-electron chi connectivity index (χ0n) is 10.2. The van der Waals surface area contributed by atoms with E-state index in [0.29, 0.717) is 17.9 Å². The van der Waals surface area contributed by atoms with Gasteiger partial charge in [-0.25, -0.2) is 0 Å². The highest BCUT2D eigenvalue weighted by Gasteiger charge is 2.14. The molecule has 0 saturated carbocycles. The lowest BCUT2D eigenvalue weighted by Gasteiger charge is -2.15. The highest BCUT2D eigenvalue weighted by Crippen LogP contribution is 2.28. The Morgan fingerprint density at radius 3 is 2.62 bits per heavy atom. The van der Waals surface area contributed by atoms with Gasteiger partial charge < -0.3 is 9.47 Å². The van der Waals surface area contributed by atoms with Crippen molar-refractivity contribution in [2.75, 3.05) is 7.11 Å². The van der Waals surface area contributed by atoms with E-state index < -0.39 is 6.10 Å². The van der Waals surface area contributed by atoms with Crippen LogP contribution in [0.1, 0.15) is 25.8 Å². The predicted molar refractivity (Wildman–Crippen MR) is 63.1 cm³/mol. The van der Waals surface area contributed by atoms with Crippen LogP contribution in [0.25, 0.3) is 0 Å². The van der Waals surface area contributed by atoms with Crippen LogP contribution in [-0.2, 0) is 4.79 Å². The Bertz CT molecular complexity index is 371. The van der Waals surface area contributed by atoms with Crippen molar-refractivity contribution in [1.82, 2.24) is 0 Å². The van der Waals surface area contributed by atoms with Crippen molar-refractivity contribution in [2.24, 2.45) is 0 Å². The van der Waals surface area contributed by atoms with Crippen molar-refractivity contribution < 1.29 is 14.3 Å². The molecule has 0 aliphatic heterocycles. The normalized spacial score (nSPS) is 12.0. The molecule has 1 unspecified atom stereocenters. The topological polar surface area (TPSA) is 35.5 Å². The van der Waals surface area contributed by atoms with E-state index in [0.717, 1.165) is 5.56 Å². The average molecular weight is 222 g/mol. The Kier molecular flexibility index (Phi) is 4.35. The maximum atomic E-state index is 11.4. The van der Waals surface area contributed by atoms with Gasteiger partial charge in [-0.05, 0) is 31.5 Å². The summed E-state index contributed by atoms with van der Waals surface area (Å²) in [6.07, 6.45) is 0.0524. The minimum Gasteiger partial charge on any atom is -0.493 e. The van der Waals surface area contributed by atoms with Gasteiger partial charge in [0.15, 0.2) is 23.4 Å². The SMILES string of the molecule is CCC(=O)C(C)Oc1ccc(C)cc1OC. The van der Waals surface area contributed by atoms with Crippen LogP contribution < -0.4 is 9.47 Å². The maximum absolute atomic E-state index is 11.4. The summed E-state index contributed by atoms with van der Waals surface area (Å²) in [5.41, 5.74) is 1.10. The third kappa shape index (κ3) is 2.99. The van der Waals surface area contributed by atoms with Gasteiger partial charge in [0, 0.05) is 6.42 Å². The van der Waals surface area contributed by atoms with Gasteiger partial charge in [0.1, 0.15) is 0 Å². The number of ketones is 1. The van der Waals surface area contributed by atoms with Gasteiger partial charge in [0.2, 0.25) is 0 Å². The highest BCUT2D eigenvalue weighted by atomic mass is 16.5. The summed E-state index contributed by atoms with van der Waals surface area (Å²) in [4.78, 5) is 11.4. The Hall–Kier alpha value is -1.51. The van der Waals surface area contributed by atoms with Gasteiger partial charge in [-0.2, -0.15) is 0 Å². The second-order valence-electron chi connectivity index (χ2n) is 3.73. The molecule has 0 spiro atoms. The predicted octanol–water partition coefficient (Wildman–Crippen LogP) is 2.75. The number of carbonyl (C=O) groups excluding carboxylic acids is 1. The molecule has 0 aromatic heterocycles. The molecular formula is C13H18O3. The minimum atomic E-state index is -0.429. The molecule has 0 saturated heterocycles. The molecule has 0 fully saturated rings. The molecule has 88 valence electrons. The Balaban J connectivity index is 2.84. The molecule has 16 heavy (non-hydrogen) atoms. The number of aryl methyl sites for hydroxylation is 1. The summed E-state index contributed by atoms with van der Waals surface area (Å²) < 4.78 is 10.8. The third-order valence-corrected chi connectivity index (χ3v) is 2.42. The molecule has 0 aliphatic carbocycles. The Labute approximate surface area is 96.4 Å². The Morgan fingerprint density at radius 1 is 1.38 bits per heavy atom. The summed E-state index contributed by atoms with van der Waals surface area (Å²) in [6, 6.07) is 5.65. The molecular weight excluding hydrogens is 204 g/mol. The lowest BCUT2D eigenvalue weighted by Crippen LogP contribution is -2.23. The van der Waals surface area contributed by atoms with Gasteiger partial charge in [-0.3, -0.25) is 4.79 Å². The fourth-order valence-corrected chi connectivity index (χ4v) is 1.42. The van der Waals surface area contributed by atoms with Crippen molar-refractivity contribution in [3.63, 3.8) is 0 Å². The zero-order chi connectivity index (χ0) is 12.1. The first-order valence-corrected chi connectivity index (χ1v) is 5.42. The number of Topliss-reactive ketones (excluding diaryl/α,β-unsaturated/α-hetero) is 1. The fraction of sp³-hybridized carbons (Fsp3) is 0.462. The van der Waals surface area contributed by atoms with Crippen molar-refractivity contribution >= 4 is 5.78 Å². The number of ether oxygens (including phenoxy) is 2. The first-order chi connectivity index (χ1) is 7.58. The number of hydrogen-bond acceptors (Lipinski definition) is 3. The van der Waals surface area contributed by atoms with E-state index in [1.165, 1.54) is 0 Å². The molecule has 0 aliphatic rings. The monoisotopic (exact) mass is 222 g/mol. The lowest BCUT2D eigenvalue weighted by molar-refractivity contribution is -0.124. The van der Waals surface area contributed by atoms with Gasteiger partial charge in [0.05, 0.1) is 7.11 Å². The van der Waals surface area contributed by atoms with E-state index >= 15 is 0 Å². The first-order valence-electron chi connectivity index (χ1n) is 5.42. The van der Waals surface area contributed by atoms with Gasteiger partial charge in [-0.1, -0.05) is 13.0 Å². The molecule has 3 heteroatoms. The van der Waals surface area contributed by atoms with E-state index in [1.54, 1.807) is 14.0 Å². The van der Waals surface area contributed by atoms with Gasteiger partial charge in [-0.15, -0.1) is 0 Å². The fourth-order valence-electron chi connectivity index (χ4n) is 1.42. The van der Waals surface area contributed by atoms with E-state index in [-0.39, 0.29) is 5.78 Å². The van der Waals surface area contributed by atoms with Crippen molar-refractivity contribution in [3.05, 3.63) is 23.8 Å². The van der Waals surface area contributed by atoms with Crippen LogP contribution in [0.5, 0.6) is 11.5 Å². The second-order valence-corrected chi connectivity index (χ2v) is 3.73. The molecule has 1 aromatic rings. The average Bonchev–Trinajstić information content (AvgIpc) is 2.30. The van der Waals surface area contributed by atoms with Crippen molar-refractivity contribution in [3.8, 4) is 11.5 Å². The lowest BCUT2D eigenvalue weighted by atomic mass is 10.2. The van der Waals surface area contributed by atoms with Crippen LogP contribution in [0.4, 0.5) is 0 Å². The van der Waals surface area contributed by atoms with E-state index in [1.807, 2.05) is 32.0 Å². The molecule has 1 aromatic carbocycles. The van der Waals surface area contributed by atoms with Crippen molar-refractivity contribution in [1.29, 1.82) is 0 Å². The largest absolute Gasteiger partial charge is 0.493 e. The third-order valence-electron chi connectivity index (χ3n) is 2.42. The molecule has 0 amide bonds. The van der Waals surface area contributed by atoms with Crippen LogP contribution in [0.2, 0.25) is 0 Å². The summed E-state index contributed by atoms with van der Waals surface area (Å²) in [5, 5.41) is 0. The number of rotatable bonds is 5. The number of hydrogen-bond donors (Lipinski definition) is 0. The van der Waals surface area contributed by atoms with Crippen molar-refractivity contribution in [2.45, 2.75) is 33.3 Å². The highest BCUT2D eigenvalue weighted by molar-refractivity contribution is 5.82. The summed E-state index contributed by atoms with van der Waals surface area (Å²) >= 11 is 0. The van der Waals surface area contributed by atoms with Crippen LogP contribution in [0.3, 0.4) is 0 Å². The standard InChI is InChI=1S/C13H18O3/c1-5-11(14)10(3)16-12-7-6-9(2)8-13(12)15-4/h6-8,10H,5H2,1-4H3. The van der Waals surface area contributed by atoms with E-state index in [9.17, 15) is 4.79 Å². The van der Waals surface area contributed by atoms with Crippen LogP contribution in [0.15, 0.2) is 18.2 Å². The number of methoxy groups -OCH3 is 1. The quantitative estimate of drug-likeness (QED) is 0.768. The first kappa shape index (κ1) is 12.6. The minimum absolute atomic E-state index is 0.0858. The van der Waals surface area contributed by atoms with Crippen LogP contribution in [0, 0.1) is 6.92 Å². The summed E-state index contributed by atoms with van der Waals surface area (Å²) in [7, 11) is 1.59. The number of benzene rings is 1. The number of carbonyl (C=O) groups is 1. The molecule has 0 radical (unpaired) electrons. The van der Waals surface area contributed by atoms with Crippen LogP contribution >= 0.6 is 0 Å². The van der Waals surface area contributed by atoms with Gasteiger partial charge in [0.25, 0.3) is 0 Å². The molecule has 0 bridgehead atoms.